The number of nitrogens with two attached hydrogens (primary N) is 1. The fraction of sp³-hybridized carbons (Fsp3) is 0.625. The molecule has 1 unspecified atom stereocenters. The fourth-order valence-corrected chi connectivity index (χ4v) is 4.80. The highest BCUT2D eigenvalue weighted by Crippen LogP contribution is 2.43. The van der Waals surface area contributed by atoms with Crippen LogP contribution in [0.15, 0.2) is 58.2 Å². The van der Waals surface area contributed by atoms with Gasteiger partial charge < -0.3 is 10.00 Å². The van der Waals surface area contributed by atoms with Crippen LogP contribution in [-0.4, -0.2) is 39.7 Å². The lowest BCUT2D eigenvalue weighted by Gasteiger charge is -2.21. The summed E-state index contributed by atoms with van der Waals surface area (Å²) in [5, 5.41) is 8.61. The summed E-state index contributed by atoms with van der Waals surface area (Å²) < 4.78 is 17.7. The van der Waals surface area contributed by atoms with Gasteiger partial charge in [-0.05, 0) is 106 Å². The molecule has 0 aliphatic rings. The van der Waals surface area contributed by atoms with Crippen molar-refractivity contribution in [3.8, 4) is 0 Å². The highest BCUT2D eigenvalue weighted by Gasteiger charge is 2.28. The highest BCUT2D eigenvalue weighted by molar-refractivity contribution is 7.50. The van der Waals surface area contributed by atoms with Crippen LogP contribution < -0.4 is 5.84 Å². The van der Waals surface area contributed by atoms with E-state index < -0.39 is 26.0 Å². The predicted octanol–water partition coefficient (Wildman–Crippen LogP) is 8.37. The van der Waals surface area contributed by atoms with Crippen molar-refractivity contribution >= 4 is 19.5 Å². The van der Waals surface area contributed by atoms with Crippen molar-refractivity contribution < 1.29 is 28.7 Å². The summed E-state index contributed by atoms with van der Waals surface area (Å²) >= 11 is 0. The van der Waals surface area contributed by atoms with Crippen LogP contribution in [0.25, 0.3) is 0 Å². The van der Waals surface area contributed by atoms with Crippen molar-refractivity contribution in [2.45, 2.75) is 119 Å². The Morgan fingerprint density at radius 1 is 0.707 bits per heavy atom. The van der Waals surface area contributed by atoms with Gasteiger partial charge in [0.25, 0.3) is 0 Å². The average molecular weight is 595 g/mol. The first-order chi connectivity index (χ1) is 19.2. The smallest absolute Gasteiger partial charge is 0.419 e. The fourth-order valence-electron chi connectivity index (χ4n) is 3.95. The van der Waals surface area contributed by atoms with Crippen LogP contribution in [0, 0.1) is 0 Å². The zero-order valence-electron chi connectivity index (χ0n) is 26.3. The minimum absolute atomic E-state index is 0.0218. The first-order valence-electron chi connectivity index (χ1n) is 14.7. The van der Waals surface area contributed by atoms with Gasteiger partial charge in [-0.15, -0.1) is 4.78 Å². The molecule has 0 rings (SSSR count). The zero-order chi connectivity index (χ0) is 31.3. The van der Waals surface area contributed by atoms with Crippen LogP contribution in [0.4, 0.5) is 0 Å². The lowest BCUT2D eigenvalue weighted by atomic mass is 10.0. The molecule has 41 heavy (non-hydrogen) atoms. The molecule has 4 N–H and O–H groups in total. The Balaban J connectivity index is 4.20. The van der Waals surface area contributed by atoms with Gasteiger partial charge in [-0.1, -0.05) is 58.2 Å². The number of carboxylic acids is 1. The summed E-state index contributed by atoms with van der Waals surface area (Å²) in [6.07, 6.45) is 20.7. The number of hydrazine groups is 1. The van der Waals surface area contributed by atoms with Crippen LogP contribution in [-0.2, 0) is 18.7 Å². The normalized spacial score (nSPS) is 14.8. The van der Waals surface area contributed by atoms with Crippen LogP contribution in [0.1, 0.15) is 119 Å². The number of ketones is 1. The van der Waals surface area contributed by atoms with E-state index in [4.69, 9.17) is 15.5 Å². The molecule has 9 heteroatoms. The molecule has 0 spiro atoms. The molecule has 0 bridgehead atoms. The van der Waals surface area contributed by atoms with Crippen LogP contribution in [0.3, 0.4) is 0 Å². The molecular formula is C32H55N2O6P. The van der Waals surface area contributed by atoms with Crippen molar-refractivity contribution in [3.05, 3.63) is 58.2 Å². The molecule has 0 fully saturated rings. The summed E-state index contributed by atoms with van der Waals surface area (Å²) in [6.45, 7) is 12.4. The van der Waals surface area contributed by atoms with Crippen molar-refractivity contribution in [2.24, 2.45) is 5.84 Å². The number of carboxylic acid groups (broad SMARTS) is 1. The number of carbonyl (C=O) groups excluding carboxylic acids is 1. The number of unbranched alkanes of at least 4 members (excludes halogenated alkanes) is 1. The molecule has 0 aromatic carbocycles. The van der Waals surface area contributed by atoms with Gasteiger partial charge in [0.15, 0.2) is 0 Å². The van der Waals surface area contributed by atoms with E-state index in [9.17, 15) is 19.0 Å². The second-order valence-electron chi connectivity index (χ2n) is 11.1. The van der Waals surface area contributed by atoms with Gasteiger partial charge in [-0.2, -0.15) is 0 Å². The number of hydrogen-bond acceptors (Lipinski definition) is 5. The first kappa shape index (κ1) is 38.9. The minimum atomic E-state index is -4.31. The Hall–Kier alpha value is -2.09. The number of allylic oxidation sites excluding steroid dienone is 10. The maximum Gasteiger partial charge on any atom is 0.419 e. The number of Topliss-reactive ketones (excluding diaryl/α,β-unsaturated/α-hetero) is 1. The Morgan fingerprint density at radius 3 is 1.61 bits per heavy atom. The molecule has 0 radical (unpaired) electrons. The second-order valence-corrected chi connectivity index (χ2v) is 12.9. The molecule has 0 heterocycles. The van der Waals surface area contributed by atoms with Crippen molar-refractivity contribution in [1.82, 2.24) is 4.78 Å². The highest BCUT2D eigenvalue weighted by atomic mass is 31.2. The Labute approximate surface area is 248 Å². The summed E-state index contributed by atoms with van der Waals surface area (Å²) in [4.78, 5) is 32.1. The Kier molecular flexibility index (Phi) is 21.4. The second kappa shape index (κ2) is 22.5. The minimum Gasteiger partial charge on any atom is -0.481 e. The Morgan fingerprint density at radius 2 is 1.15 bits per heavy atom. The van der Waals surface area contributed by atoms with Gasteiger partial charge >= 0.3 is 13.7 Å². The standard InChI is InChI=1S/C32H55N2O6P/c1-26(2)13-9-16-29(5)19-10-17-27(3)14-7-8-15-28(4)18-11-20-30(6)21-12-24-40-41(38,39)34(33)25-31(35)22-23-32(36)37/h13-15,19-20H,7-12,16-18,21-25,33H2,1-6H3,(H,36,37)(H,38,39). The number of rotatable bonds is 23. The van der Waals surface area contributed by atoms with Gasteiger partial charge in [-0.25, -0.2) is 4.57 Å². The largest absolute Gasteiger partial charge is 0.481 e. The molecule has 8 nitrogen and oxygen atoms in total. The topological polar surface area (TPSA) is 130 Å². The molecule has 0 saturated carbocycles. The van der Waals surface area contributed by atoms with E-state index in [0.717, 1.165) is 57.8 Å². The maximum atomic E-state index is 12.2. The Bertz CT molecular complexity index is 1010. The molecule has 0 saturated heterocycles. The predicted molar refractivity (Wildman–Crippen MR) is 169 cm³/mol. The third-order valence-corrected chi connectivity index (χ3v) is 7.87. The molecule has 234 valence electrons. The molecule has 0 aromatic rings. The lowest BCUT2D eigenvalue weighted by molar-refractivity contribution is -0.138. The zero-order valence-corrected chi connectivity index (χ0v) is 27.2. The summed E-state index contributed by atoms with van der Waals surface area (Å²) in [6, 6.07) is 0. The third-order valence-electron chi connectivity index (χ3n) is 6.56. The summed E-state index contributed by atoms with van der Waals surface area (Å²) in [5.74, 6) is 3.85. The van der Waals surface area contributed by atoms with E-state index in [1.807, 2.05) is 6.92 Å². The van der Waals surface area contributed by atoms with Gasteiger partial charge in [0.1, 0.15) is 5.78 Å². The van der Waals surface area contributed by atoms with Crippen molar-refractivity contribution in [1.29, 1.82) is 0 Å². The number of hydrogen-bond donors (Lipinski definition) is 3. The van der Waals surface area contributed by atoms with Gasteiger partial charge in [0, 0.05) is 6.42 Å². The first-order valence-corrected chi connectivity index (χ1v) is 16.2. The van der Waals surface area contributed by atoms with Crippen LogP contribution in [0.5, 0.6) is 0 Å². The molecular weight excluding hydrogens is 539 g/mol. The van der Waals surface area contributed by atoms with Crippen molar-refractivity contribution in [3.63, 3.8) is 0 Å². The average Bonchev–Trinajstić information content (AvgIpc) is 2.87. The maximum absolute atomic E-state index is 12.2. The molecule has 1 atom stereocenters. The molecule has 0 amide bonds. The van der Waals surface area contributed by atoms with Crippen molar-refractivity contribution in [2.75, 3.05) is 13.2 Å². The number of nitrogens with zero attached hydrogens (tertiary/aromatic N) is 1. The van der Waals surface area contributed by atoms with E-state index in [1.54, 1.807) is 0 Å². The SMILES string of the molecule is CC(C)=CCCC(C)=CCCC(C)=CCCC=C(C)CCC=C(C)CCCOP(=O)(O)N(N)CC(=O)CCC(=O)O. The van der Waals surface area contributed by atoms with Gasteiger partial charge in [0.2, 0.25) is 0 Å². The van der Waals surface area contributed by atoms with E-state index in [1.165, 1.54) is 27.9 Å². The monoisotopic (exact) mass is 594 g/mol. The van der Waals surface area contributed by atoms with Crippen LogP contribution >= 0.6 is 7.75 Å². The van der Waals surface area contributed by atoms with E-state index >= 15 is 0 Å². The van der Waals surface area contributed by atoms with E-state index in [0.29, 0.717) is 11.2 Å². The summed E-state index contributed by atoms with van der Waals surface area (Å²) in [7, 11) is -4.31. The number of aliphatic carboxylic acids is 1. The van der Waals surface area contributed by atoms with Gasteiger partial charge in [-0.3, -0.25) is 20.0 Å². The van der Waals surface area contributed by atoms with E-state index in [-0.39, 0.29) is 19.4 Å². The quantitative estimate of drug-likeness (QED) is 0.0354. The lowest BCUT2D eigenvalue weighted by Crippen LogP contribution is -2.34. The third kappa shape index (κ3) is 23.2. The van der Waals surface area contributed by atoms with Gasteiger partial charge in [0.05, 0.1) is 19.6 Å². The molecule has 0 aliphatic carbocycles. The summed E-state index contributed by atoms with van der Waals surface area (Å²) in [5.41, 5.74) is 6.87. The van der Waals surface area contributed by atoms with Crippen LogP contribution in [0.2, 0.25) is 0 Å². The van der Waals surface area contributed by atoms with E-state index in [2.05, 4.69) is 65.0 Å². The molecule has 0 aromatic heterocycles. The molecule has 0 aliphatic heterocycles. The number of carbonyl (C=O) groups is 2.